The summed E-state index contributed by atoms with van der Waals surface area (Å²) in [4.78, 5) is 6.24. The zero-order valence-corrected chi connectivity index (χ0v) is 4.31. The summed E-state index contributed by atoms with van der Waals surface area (Å²) in [6.45, 7) is 0. The largest absolute Gasteiger partial charge is 0.492 e. The molecule has 0 aliphatic rings. The van der Waals surface area contributed by atoms with Crippen molar-refractivity contribution in [1.29, 1.82) is 0 Å². The molecular formula is C4H4N2O3. The maximum absolute atomic E-state index is 8.52. The van der Waals surface area contributed by atoms with Gasteiger partial charge in [0.15, 0.2) is 0 Å². The normalized spacial score (nSPS) is 9.33. The van der Waals surface area contributed by atoms with Crippen molar-refractivity contribution in [3.8, 4) is 17.6 Å². The minimum absolute atomic E-state index is 0.426. The number of aromatic nitrogens is 2. The number of aromatic hydroxyl groups is 3. The van der Waals surface area contributed by atoms with E-state index in [-0.39, 0.29) is 0 Å². The monoisotopic (exact) mass is 128 g/mol. The Labute approximate surface area is 50.3 Å². The highest BCUT2D eigenvalue weighted by molar-refractivity contribution is 5.24. The molecule has 0 aromatic carbocycles. The molecular weight excluding hydrogens is 124 g/mol. The van der Waals surface area contributed by atoms with E-state index in [4.69, 9.17) is 15.3 Å². The second kappa shape index (κ2) is 1.77. The Bertz CT molecular complexity index is 225. The van der Waals surface area contributed by atoms with Crippen molar-refractivity contribution in [2.75, 3.05) is 0 Å². The van der Waals surface area contributed by atoms with Gasteiger partial charge in [-0.2, -0.15) is 4.98 Å². The average Bonchev–Trinajstić information content (AvgIpc) is 1.80. The predicted molar refractivity (Wildman–Crippen MR) is 27.0 cm³/mol. The van der Waals surface area contributed by atoms with E-state index in [2.05, 4.69) is 9.97 Å². The lowest BCUT2D eigenvalue weighted by molar-refractivity contribution is 0.357. The zero-order valence-electron chi connectivity index (χ0n) is 4.31. The molecule has 0 spiro atoms. The molecule has 0 saturated heterocycles. The van der Waals surface area contributed by atoms with Crippen molar-refractivity contribution < 1.29 is 15.3 Å². The van der Waals surface area contributed by atoms with Gasteiger partial charge in [0.2, 0.25) is 5.88 Å². The van der Waals surface area contributed by atoms with Gasteiger partial charge in [-0.25, -0.2) is 4.98 Å². The highest BCUT2D eigenvalue weighted by atomic mass is 16.3. The summed E-state index contributed by atoms with van der Waals surface area (Å²) in [5.41, 5.74) is 0. The van der Waals surface area contributed by atoms with E-state index < -0.39 is 17.6 Å². The molecule has 1 aromatic rings. The van der Waals surface area contributed by atoms with Crippen molar-refractivity contribution in [2.24, 2.45) is 0 Å². The first-order chi connectivity index (χ1) is 4.20. The van der Waals surface area contributed by atoms with Crippen LogP contribution in [0.3, 0.4) is 0 Å². The molecule has 9 heavy (non-hydrogen) atoms. The zero-order chi connectivity index (χ0) is 6.85. The summed E-state index contributed by atoms with van der Waals surface area (Å²) < 4.78 is 0. The van der Waals surface area contributed by atoms with Crippen LogP contribution in [0.4, 0.5) is 0 Å². The van der Waals surface area contributed by atoms with Crippen LogP contribution in [0.2, 0.25) is 0 Å². The van der Waals surface area contributed by atoms with Crippen LogP contribution in [-0.4, -0.2) is 25.3 Å². The Morgan fingerprint density at radius 2 is 1.78 bits per heavy atom. The molecule has 0 saturated carbocycles. The highest BCUT2D eigenvalue weighted by Gasteiger charge is 2.00. The first-order valence-electron chi connectivity index (χ1n) is 2.14. The number of rotatable bonds is 0. The van der Waals surface area contributed by atoms with Gasteiger partial charge in [-0.1, -0.05) is 0 Å². The molecule has 3 N–H and O–H groups in total. The van der Waals surface area contributed by atoms with Gasteiger partial charge < -0.3 is 15.3 Å². The van der Waals surface area contributed by atoms with Crippen LogP contribution in [0.1, 0.15) is 0 Å². The van der Waals surface area contributed by atoms with Gasteiger partial charge >= 0.3 is 0 Å². The molecule has 0 bridgehead atoms. The Kier molecular flexibility index (Phi) is 1.11. The van der Waals surface area contributed by atoms with Crippen molar-refractivity contribution in [1.82, 2.24) is 9.97 Å². The fourth-order valence-electron chi connectivity index (χ4n) is 0.364. The second-order valence-electron chi connectivity index (χ2n) is 1.38. The standard InChI is InChI=1S/C4H4N2O3/c7-2-1-5-3(8)4(9)6-2/h1H,(H,5,8)(H2,6,7,9). The van der Waals surface area contributed by atoms with E-state index >= 15 is 0 Å². The molecule has 0 unspecified atom stereocenters. The van der Waals surface area contributed by atoms with Crippen molar-refractivity contribution in [2.45, 2.75) is 0 Å². The van der Waals surface area contributed by atoms with Crippen LogP contribution in [0, 0.1) is 0 Å². The number of hydrogen-bond donors (Lipinski definition) is 3. The van der Waals surface area contributed by atoms with Crippen LogP contribution in [0.25, 0.3) is 0 Å². The Balaban J connectivity index is 3.17. The van der Waals surface area contributed by atoms with Gasteiger partial charge in [-0.05, 0) is 0 Å². The minimum Gasteiger partial charge on any atom is -0.492 e. The summed E-state index contributed by atoms with van der Waals surface area (Å²) in [5.74, 6) is -1.69. The first kappa shape index (κ1) is 5.61. The summed E-state index contributed by atoms with van der Waals surface area (Å²) >= 11 is 0. The first-order valence-corrected chi connectivity index (χ1v) is 2.14. The second-order valence-corrected chi connectivity index (χ2v) is 1.38. The lowest BCUT2D eigenvalue weighted by Gasteiger charge is -1.92. The van der Waals surface area contributed by atoms with E-state index in [1.54, 1.807) is 0 Å². The maximum atomic E-state index is 8.52. The third-order valence-corrected chi connectivity index (χ3v) is 0.723. The molecule has 48 valence electrons. The third-order valence-electron chi connectivity index (χ3n) is 0.723. The molecule has 0 fully saturated rings. The van der Waals surface area contributed by atoms with Gasteiger partial charge in [-0.3, -0.25) is 0 Å². The molecule has 1 rings (SSSR count). The molecule has 0 aliphatic carbocycles. The number of nitrogens with zero attached hydrogens (tertiary/aromatic N) is 2. The van der Waals surface area contributed by atoms with E-state index in [1.165, 1.54) is 0 Å². The number of hydrogen-bond acceptors (Lipinski definition) is 5. The fraction of sp³-hybridized carbons (Fsp3) is 0. The summed E-state index contributed by atoms with van der Waals surface area (Å²) in [6.07, 6.45) is 0.926. The van der Waals surface area contributed by atoms with E-state index in [1.807, 2.05) is 0 Å². The Morgan fingerprint density at radius 3 is 2.22 bits per heavy atom. The molecule has 5 heteroatoms. The minimum atomic E-state index is -0.671. The van der Waals surface area contributed by atoms with Gasteiger partial charge in [0, 0.05) is 0 Å². The Hall–Kier alpha value is -1.52. The highest BCUT2D eigenvalue weighted by Crippen LogP contribution is 2.19. The van der Waals surface area contributed by atoms with Gasteiger partial charge in [0.25, 0.3) is 11.8 Å². The summed E-state index contributed by atoms with van der Waals surface area (Å²) in [5, 5.41) is 25.5. The lowest BCUT2D eigenvalue weighted by Crippen LogP contribution is -1.79. The van der Waals surface area contributed by atoms with Crippen molar-refractivity contribution in [3.63, 3.8) is 0 Å². The molecule has 0 radical (unpaired) electrons. The molecule has 5 nitrogen and oxygen atoms in total. The lowest BCUT2D eigenvalue weighted by atomic mass is 10.7. The van der Waals surface area contributed by atoms with Crippen LogP contribution >= 0.6 is 0 Å². The SMILES string of the molecule is Oc1cnc(O)c(O)n1. The average molecular weight is 128 g/mol. The predicted octanol–water partition coefficient (Wildman–Crippen LogP) is -0.407. The van der Waals surface area contributed by atoms with Crippen LogP contribution in [0.5, 0.6) is 17.6 Å². The summed E-state index contributed by atoms with van der Waals surface area (Å²) in [7, 11) is 0. The van der Waals surface area contributed by atoms with Crippen molar-refractivity contribution >= 4 is 0 Å². The topological polar surface area (TPSA) is 86.5 Å². The maximum Gasteiger partial charge on any atom is 0.278 e. The van der Waals surface area contributed by atoms with E-state index in [0.717, 1.165) is 6.20 Å². The van der Waals surface area contributed by atoms with E-state index in [0.29, 0.717) is 0 Å². The smallest absolute Gasteiger partial charge is 0.278 e. The molecule has 1 aromatic heterocycles. The van der Waals surface area contributed by atoms with Gasteiger partial charge in [0.1, 0.15) is 0 Å². The summed E-state index contributed by atoms with van der Waals surface area (Å²) in [6, 6.07) is 0. The molecule has 0 amide bonds. The van der Waals surface area contributed by atoms with Crippen LogP contribution in [-0.2, 0) is 0 Å². The van der Waals surface area contributed by atoms with Crippen LogP contribution in [0.15, 0.2) is 6.20 Å². The quantitative estimate of drug-likeness (QED) is 0.442. The Morgan fingerprint density at radius 1 is 1.11 bits per heavy atom. The molecule has 0 aliphatic heterocycles. The van der Waals surface area contributed by atoms with Gasteiger partial charge in [0.05, 0.1) is 6.20 Å². The van der Waals surface area contributed by atoms with Crippen LogP contribution < -0.4 is 0 Å². The van der Waals surface area contributed by atoms with E-state index in [9.17, 15) is 0 Å². The van der Waals surface area contributed by atoms with Crippen molar-refractivity contribution in [3.05, 3.63) is 6.20 Å². The van der Waals surface area contributed by atoms with Gasteiger partial charge in [-0.15, -0.1) is 0 Å². The third kappa shape index (κ3) is 0.987. The molecule has 0 atom stereocenters. The fourth-order valence-corrected chi connectivity index (χ4v) is 0.364. The molecule has 1 heterocycles.